The maximum absolute atomic E-state index is 13.5. The van der Waals surface area contributed by atoms with Gasteiger partial charge in [0.05, 0.1) is 26.1 Å². The molecule has 1 aromatic heterocycles. The molecule has 0 saturated carbocycles. The molecule has 170 valence electrons. The zero-order valence-electron chi connectivity index (χ0n) is 19.5. The van der Waals surface area contributed by atoms with Gasteiger partial charge < -0.3 is 14.8 Å². The summed E-state index contributed by atoms with van der Waals surface area (Å²) < 4.78 is 13.0. The molecule has 0 bridgehead atoms. The number of hydrogen-bond donors (Lipinski definition) is 1. The third-order valence-corrected chi connectivity index (χ3v) is 6.54. The van der Waals surface area contributed by atoms with Crippen molar-refractivity contribution in [1.82, 2.24) is 9.78 Å². The van der Waals surface area contributed by atoms with E-state index in [0.29, 0.717) is 17.9 Å². The second-order valence-electron chi connectivity index (χ2n) is 9.52. The van der Waals surface area contributed by atoms with E-state index in [0.717, 1.165) is 46.8 Å². The number of hydrogen-bond acceptors (Lipinski definition) is 5. The number of fused-ring (bicyclic) bond motifs is 1. The summed E-state index contributed by atoms with van der Waals surface area (Å²) in [7, 11) is 3.25. The second-order valence-corrected chi connectivity index (χ2v) is 9.52. The highest BCUT2D eigenvalue weighted by molar-refractivity contribution is 6.01. The van der Waals surface area contributed by atoms with Gasteiger partial charge in [-0.3, -0.25) is 4.79 Å². The Kier molecular flexibility index (Phi) is 5.23. The molecule has 0 amide bonds. The number of nitrogens with one attached hydrogen (secondary N) is 1. The number of carbonyl (C=O) groups excluding carboxylic acids is 1. The van der Waals surface area contributed by atoms with Crippen LogP contribution in [0.5, 0.6) is 11.5 Å². The number of nitrogens with zero attached hydrogens (tertiary/aromatic N) is 2. The molecule has 33 heavy (non-hydrogen) atoms. The Bertz CT molecular complexity index is 1240. The Morgan fingerprint density at radius 2 is 1.94 bits per heavy atom. The Morgan fingerprint density at radius 1 is 1.12 bits per heavy atom. The number of Topliss-reactive ketones (excluding diaryl/α,β-unsaturated/α-hetero) is 1. The van der Waals surface area contributed by atoms with Gasteiger partial charge in [-0.15, -0.1) is 0 Å². The van der Waals surface area contributed by atoms with E-state index in [-0.39, 0.29) is 17.1 Å². The first-order chi connectivity index (χ1) is 15.9. The van der Waals surface area contributed by atoms with E-state index < -0.39 is 0 Å². The van der Waals surface area contributed by atoms with Crippen LogP contribution >= 0.6 is 0 Å². The van der Waals surface area contributed by atoms with Crippen molar-refractivity contribution >= 4 is 17.3 Å². The van der Waals surface area contributed by atoms with Gasteiger partial charge in [0, 0.05) is 29.2 Å². The van der Waals surface area contributed by atoms with Gasteiger partial charge in [0.15, 0.2) is 17.3 Å². The lowest BCUT2D eigenvalue weighted by molar-refractivity contribution is -0.118. The smallest absolute Gasteiger partial charge is 0.162 e. The van der Waals surface area contributed by atoms with Gasteiger partial charge in [0.25, 0.3) is 0 Å². The zero-order chi connectivity index (χ0) is 23.2. The van der Waals surface area contributed by atoms with Crippen molar-refractivity contribution in [3.63, 3.8) is 0 Å². The highest BCUT2D eigenvalue weighted by Crippen LogP contribution is 2.50. The Balaban J connectivity index is 1.70. The van der Waals surface area contributed by atoms with E-state index in [4.69, 9.17) is 14.6 Å². The first-order valence-corrected chi connectivity index (χ1v) is 11.3. The van der Waals surface area contributed by atoms with Gasteiger partial charge in [0.1, 0.15) is 5.82 Å². The van der Waals surface area contributed by atoms with Crippen LogP contribution in [0, 0.1) is 5.41 Å². The predicted molar refractivity (Wildman–Crippen MR) is 129 cm³/mol. The van der Waals surface area contributed by atoms with Crippen LogP contribution < -0.4 is 14.8 Å². The topological polar surface area (TPSA) is 65.4 Å². The van der Waals surface area contributed by atoms with Gasteiger partial charge in [0.2, 0.25) is 0 Å². The van der Waals surface area contributed by atoms with Crippen molar-refractivity contribution in [2.24, 2.45) is 5.41 Å². The molecule has 1 unspecified atom stereocenters. The Labute approximate surface area is 194 Å². The number of aromatic nitrogens is 2. The number of methoxy groups -OCH3 is 2. The number of rotatable bonds is 4. The number of ketones is 1. The lowest BCUT2D eigenvalue weighted by Gasteiger charge is -2.38. The minimum atomic E-state index is -0.223. The largest absolute Gasteiger partial charge is 0.493 e. The van der Waals surface area contributed by atoms with E-state index >= 15 is 0 Å². The van der Waals surface area contributed by atoms with Crippen molar-refractivity contribution in [3.05, 3.63) is 77.2 Å². The van der Waals surface area contributed by atoms with Crippen LogP contribution in [-0.4, -0.2) is 29.8 Å². The number of anilines is 1. The maximum Gasteiger partial charge on any atom is 0.162 e. The number of ether oxygens (including phenoxy) is 2. The van der Waals surface area contributed by atoms with Crippen molar-refractivity contribution in [2.75, 3.05) is 19.5 Å². The molecule has 6 heteroatoms. The second kappa shape index (κ2) is 8.10. The SMILES string of the molecule is COc1ccc(C2C3=C(CC(C)(C)CC3=O)Nc3c2cnn3C2=CC=CCC=C2)cc1OC. The first kappa shape index (κ1) is 21.3. The average molecular weight is 444 g/mol. The lowest BCUT2D eigenvalue weighted by Crippen LogP contribution is -2.34. The molecule has 3 aliphatic rings. The highest BCUT2D eigenvalue weighted by Gasteiger charge is 2.42. The van der Waals surface area contributed by atoms with E-state index in [1.54, 1.807) is 14.2 Å². The highest BCUT2D eigenvalue weighted by atomic mass is 16.5. The van der Waals surface area contributed by atoms with E-state index in [2.05, 4.69) is 49.5 Å². The molecule has 0 saturated heterocycles. The quantitative estimate of drug-likeness (QED) is 0.680. The summed E-state index contributed by atoms with van der Waals surface area (Å²) in [4.78, 5) is 13.5. The molecule has 0 fully saturated rings. The lowest BCUT2D eigenvalue weighted by atomic mass is 9.69. The van der Waals surface area contributed by atoms with Crippen LogP contribution in [-0.2, 0) is 4.79 Å². The van der Waals surface area contributed by atoms with Gasteiger partial charge in [-0.25, -0.2) is 4.68 Å². The van der Waals surface area contributed by atoms with Crippen molar-refractivity contribution in [1.29, 1.82) is 0 Å². The fourth-order valence-corrected chi connectivity index (χ4v) is 5.06. The monoisotopic (exact) mass is 443 g/mol. The van der Waals surface area contributed by atoms with Crippen molar-refractivity contribution in [3.8, 4) is 11.5 Å². The average Bonchev–Trinajstić information content (AvgIpc) is 3.01. The normalized spacial score (nSPS) is 21.0. The molecule has 0 radical (unpaired) electrons. The fraction of sp³-hybridized carbons (Fsp3) is 0.333. The summed E-state index contributed by atoms with van der Waals surface area (Å²) in [6, 6.07) is 5.89. The Morgan fingerprint density at radius 3 is 2.73 bits per heavy atom. The van der Waals surface area contributed by atoms with Gasteiger partial charge in [-0.1, -0.05) is 38.1 Å². The summed E-state index contributed by atoms with van der Waals surface area (Å²) >= 11 is 0. The fourth-order valence-electron chi connectivity index (χ4n) is 5.06. The third kappa shape index (κ3) is 3.69. The molecule has 1 atom stereocenters. The van der Waals surface area contributed by atoms with E-state index in [1.807, 2.05) is 29.1 Å². The summed E-state index contributed by atoms with van der Waals surface area (Å²) in [5, 5.41) is 8.35. The third-order valence-electron chi connectivity index (χ3n) is 6.54. The van der Waals surface area contributed by atoms with Crippen LogP contribution in [0.3, 0.4) is 0 Å². The summed E-state index contributed by atoms with van der Waals surface area (Å²) in [6.07, 6.45) is 14.5. The first-order valence-electron chi connectivity index (χ1n) is 11.3. The van der Waals surface area contributed by atoms with Crippen LogP contribution in [0.25, 0.3) is 5.70 Å². The molecule has 1 aromatic carbocycles. The van der Waals surface area contributed by atoms with Crippen LogP contribution in [0.4, 0.5) is 5.82 Å². The van der Waals surface area contributed by atoms with Crippen LogP contribution in [0.2, 0.25) is 0 Å². The number of carbonyl (C=O) groups is 1. The number of allylic oxidation sites excluding steroid dienone is 8. The molecule has 0 spiro atoms. The van der Waals surface area contributed by atoms with Crippen molar-refractivity contribution in [2.45, 2.75) is 39.0 Å². The molecular formula is C27H29N3O3. The van der Waals surface area contributed by atoms with Crippen LogP contribution in [0.1, 0.15) is 50.2 Å². The molecule has 2 aromatic rings. The standard InChI is InChI=1S/C27H29N3O3/c1-27(2)14-20-25(21(31)15-27)24(17-11-12-22(32-3)23(13-17)33-4)19-16-28-30(26(19)29-20)18-9-7-5-6-8-10-18/h5,7-13,16,24,29H,6,14-15H2,1-4H3. The zero-order valence-corrected chi connectivity index (χ0v) is 19.5. The summed E-state index contributed by atoms with van der Waals surface area (Å²) in [5.74, 6) is 2.18. The molecular weight excluding hydrogens is 414 g/mol. The van der Waals surface area contributed by atoms with Crippen molar-refractivity contribution < 1.29 is 14.3 Å². The molecule has 2 heterocycles. The van der Waals surface area contributed by atoms with E-state index in [9.17, 15) is 4.79 Å². The molecule has 2 aliphatic carbocycles. The number of benzene rings is 1. The predicted octanol–water partition coefficient (Wildman–Crippen LogP) is 5.46. The molecule has 1 N–H and O–H groups in total. The summed E-state index contributed by atoms with van der Waals surface area (Å²) in [5.41, 5.74) is 4.67. The molecule has 1 aliphatic heterocycles. The van der Waals surface area contributed by atoms with Gasteiger partial charge in [-0.05, 0) is 48.1 Å². The van der Waals surface area contributed by atoms with Crippen LogP contribution in [0.15, 0.2) is 66.0 Å². The summed E-state index contributed by atoms with van der Waals surface area (Å²) in [6.45, 7) is 4.30. The molecule has 5 rings (SSSR count). The van der Waals surface area contributed by atoms with Gasteiger partial charge >= 0.3 is 0 Å². The van der Waals surface area contributed by atoms with Gasteiger partial charge in [-0.2, -0.15) is 5.10 Å². The maximum atomic E-state index is 13.5. The minimum absolute atomic E-state index is 0.0996. The molecule has 6 nitrogen and oxygen atoms in total. The minimum Gasteiger partial charge on any atom is -0.493 e. The Hall–Kier alpha value is -3.54. The van der Waals surface area contributed by atoms with E-state index in [1.165, 1.54) is 0 Å².